The summed E-state index contributed by atoms with van der Waals surface area (Å²) in [5.41, 5.74) is 6.08. The summed E-state index contributed by atoms with van der Waals surface area (Å²) < 4.78 is 17.8. The Hall–Kier alpha value is -2.15. The molecule has 0 unspecified atom stereocenters. The van der Waals surface area contributed by atoms with Crippen LogP contribution in [0.2, 0.25) is 0 Å². The van der Waals surface area contributed by atoms with Crippen molar-refractivity contribution in [2.24, 2.45) is 0 Å². The van der Waals surface area contributed by atoms with Crippen LogP contribution in [0, 0.1) is 5.82 Å². The minimum absolute atomic E-state index is 0.0405. The summed E-state index contributed by atoms with van der Waals surface area (Å²) in [7, 11) is 1.47. The van der Waals surface area contributed by atoms with E-state index in [1.807, 2.05) is 0 Å². The molecule has 0 spiro atoms. The van der Waals surface area contributed by atoms with Crippen LogP contribution >= 0.6 is 0 Å². The number of rotatable bonds is 3. The van der Waals surface area contributed by atoms with Crippen LogP contribution in [-0.4, -0.2) is 61.5 Å². The summed E-state index contributed by atoms with van der Waals surface area (Å²) in [6, 6.07) is 3.73. The molecular formula is C14H18FN3O3. The highest BCUT2D eigenvalue weighted by molar-refractivity contribution is 5.99. The van der Waals surface area contributed by atoms with Gasteiger partial charge in [-0.25, -0.2) is 4.39 Å². The third-order valence-electron chi connectivity index (χ3n) is 3.43. The Morgan fingerprint density at radius 1 is 1.24 bits per heavy atom. The number of hydrogen-bond donors (Lipinski definition) is 1. The van der Waals surface area contributed by atoms with Gasteiger partial charge in [0.25, 0.3) is 5.91 Å². The second kappa shape index (κ2) is 6.53. The largest absolute Gasteiger partial charge is 0.398 e. The number of piperazine rings is 1. The number of nitrogen functional groups attached to an aromatic ring is 1. The number of benzene rings is 1. The van der Waals surface area contributed by atoms with Gasteiger partial charge >= 0.3 is 0 Å². The lowest BCUT2D eigenvalue weighted by atomic mass is 10.1. The average molecular weight is 295 g/mol. The molecular weight excluding hydrogens is 277 g/mol. The number of nitrogens with zero attached hydrogens (tertiary/aromatic N) is 2. The van der Waals surface area contributed by atoms with Crippen molar-refractivity contribution in [3.05, 3.63) is 29.6 Å². The van der Waals surface area contributed by atoms with Gasteiger partial charge in [-0.2, -0.15) is 0 Å². The standard InChI is InChI=1S/C14H18FN3O3/c1-21-9-13(19)17-4-6-18(7-5-17)14(20)11-3-2-10(15)8-12(11)16/h2-3,8H,4-7,9,16H2,1H3. The lowest BCUT2D eigenvalue weighted by molar-refractivity contribution is -0.136. The number of hydrogen-bond acceptors (Lipinski definition) is 4. The second-order valence-corrected chi connectivity index (χ2v) is 4.84. The molecule has 7 heteroatoms. The Labute approximate surface area is 122 Å². The normalized spacial score (nSPS) is 15.1. The Balaban J connectivity index is 1.98. The van der Waals surface area contributed by atoms with Gasteiger partial charge in [-0.1, -0.05) is 0 Å². The molecule has 0 bridgehead atoms. The molecule has 1 aromatic rings. The predicted molar refractivity (Wildman–Crippen MR) is 75.2 cm³/mol. The van der Waals surface area contributed by atoms with Crippen molar-refractivity contribution in [2.75, 3.05) is 45.6 Å². The van der Waals surface area contributed by atoms with Crippen LogP contribution in [-0.2, 0) is 9.53 Å². The Bertz CT molecular complexity index is 542. The lowest BCUT2D eigenvalue weighted by Crippen LogP contribution is -2.51. The first kappa shape index (κ1) is 15.2. The van der Waals surface area contributed by atoms with Crippen LogP contribution < -0.4 is 5.73 Å². The van der Waals surface area contributed by atoms with Crippen LogP contribution in [0.25, 0.3) is 0 Å². The molecule has 114 valence electrons. The molecule has 1 fully saturated rings. The highest BCUT2D eigenvalue weighted by atomic mass is 19.1. The van der Waals surface area contributed by atoms with Crippen molar-refractivity contribution < 1.29 is 18.7 Å². The first-order valence-corrected chi connectivity index (χ1v) is 6.64. The molecule has 0 atom stereocenters. The van der Waals surface area contributed by atoms with E-state index in [1.54, 1.807) is 9.80 Å². The monoisotopic (exact) mass is 295 g/mol. The number of carbonyl (C=O) groups is 2. The first-order valence-electron chi connectivity index (χ1n) is 6.64. The maximum Gasteiger partial charge on any atom is 0.256 e. The highest BCUT2D eigenvalue weighted by Crippen LogP contribution is 2.17. The number of halogens is 1. The minimum Gasteiger partial charge on any atom is -0.398 e. The summed E-state index contributed by atoms with van der Waals surface area (Å²) >= 11 is 0. The molecule has 0 aliphatic carbocycles. The van der Waals surface area contributed by atoms with Crippen LogP contribution in [0.1, 0.15) is 10.4 Å². The molecule has 2 amide bonds. The van der Waals surface area contributed by atoms with Crippen LogP contribution in [0.4, 0.5) is 10.1 Å². The Morgan fingerprint density at radius 2 is 1.86 bits per heavy atom. The number of carbonyl (C=O) groups excluding carboxylic acids is 2. The van der Waals surface area contributed by atoms with Crippen molar-refractivity contribution >= 4 is 17.5 Å². The minimum atomic E-state index is -0.473. The molecule has 1 aliphatic rings. The van der Waals surface area contributed by atoms with Crippen LogP contribution in [0.3, 0.4) is 0 Å². The number of methoxy groups -OCH3 is 1. The van der Waals surface area contributed by atoms with E-state index in [2.05, 4.69) is 0 Å². The third-order valence-corrected chi connectivity index (χ3v) is 3.43. The molecule has 0 aromatic heterocycles. The quantitative estimate of drug-likeness (QED) is 0.816. The SMILES string of the molecule is COCC(=O)N1CCN(C(=O)c2ccc(F)cc2N)CC1. The van der Waals surface area contributed by atoms with Crippen molar-refractivity contribution in [2.45, 2.75) is 0 Å². The fourth-order valence-corrected chi connectivity index (χ4v) is 2.27. The first-order chi connectivity index (χ1) is 10.0. The molecule has 1 saturated heterocycles. The molecule has 21 heavy (non-hydrogen) atoms. The Kier molecular flexibility index (Phi) is 4.74. The number of ether oxygens (including phenoxy) is 1. The third kappa shape index (κ3) is 3.49. The average Bonchev–Trinajstić information content (AvgIpc) is 2.47. The zero-order chi connectivity index (χ0) is 15.4. The number of amides is 2. The molecule has 6 nitrogen and oxygen atoms in total. The van der Waals surface area contributed by atoms with Crippen LogP contribution in [0.15, 0.2) is 18.2 Å². The van der Waals surface area contributed by atoms with E-state index in [-0.39, 0.29) is 29.7 Å². The van der Waals surface area contributed by atoms with Gasteiger partial charge in [0.05, 0.1) is 5.56 Å². The zero-order valence-corrected chi connectivity index (χ0v) is 11.8. The fourth-order valence-electron chi connectivity index (χ4n) is 2.27. The molecule has 2 rings (SSSR count). The van der Waals surface area contributed by atoms with Gasteiger partial charge in [-0.05, 0) is 18.2 Å². The van der Waals surface area contributed by atoms with Gasteiger partial charge in [-0.15, -0.1) is 0 Å². The molecule has 0 saturated carbocycles. The summed E-state index contributed by atoms with van der Waals surface area (Å²) in [6.07, 6.45) is 0. The van der Waals surface area contributed by atoms with E-state index in [4.69, 9.17) is 10.5 Å². The van der Waals surface area contributed by atoms with E-state index in [0.29, 0.717) is 26.2 Å². The van der Waals surface area contributed by atoms with Crippen molar-refractivity contribution in [1.29, 1.82) is 0 Å². The summed E-state index contributed by atoms with van der Waals surface area (Å²) in [6.45, 7) is 1.79. The maximum atomic E-state index is 13.0. The van der Waals surface area contributed by atoms with Gasteiger partial charge in [0, 0.05) is 39.0 Å². The molecule has 1 aromatic carbocycles. The van der Waals surface area contributed by atoms with E-state index < -0.39 is 5.82 Å². The van der Waals surface area contributed by atoms with E-state index in [0.717, 1.165) is 6.07 Å². The summed E-state index contributed by atoms with van der Waals surface area (Å²) in [5, 5.41) is 0. The predicted octanol–water partition coefficient (Wildman–Crippen LogP) is 0.339. The van der Waals surface area contributed by atoms with Crippen molar-refractivity contribution in [1.82, 2.24) is 9.80 Å². The lowest BCUT2D eigenvalue weighted by Gasteiger charge is -2.34. The van der Waals surface area contributed by atoms with E-state index in [1.165, 1.54) is 19.2 Å². The van der Waals surface area contributed by atoms with Crippen molar-refractivity contribution in [3.8, 4) is 0 Å². The van der Waals surface area contributed by atoms with E-state index >= 15 is 0 Å². The zero-order valence-electron chi connectivity index (χ0n) is 11.8. The highest BCUT2D eigenvalue weighted by Gasteiger charge is 2.25. The van der Waals surface area contributed by atoms with E-state index in [9.17, 15) is 14.0 Å². The maximum absolute atomic E-state index is 13.0. The number of nitrogens with two attached hydrogens (primary N) is 1. The smallest absolute Gasteiger partial charge is 0.256 e. The van der Waals surface area contributed by atoms with Crippen molar-refractivity contribution in [3.63, 3.8) is 0 Å². The Morgan fingerprint density at radius 3 is 2.43 bits per heavy atom. The molecule has 0 radical (unpaired) electrons. The van der Waals surface area contributed by atoms with Gasteiger partial charge in [0.15, 0.2) is 0 Å². The van der Waals surface area contributed by atoms with Gasteiger partial charge in [0.1, 0.15) is 12.4 Å². The molecule has 1 aliphatic heterocycles. The molecule has 2 N–H and O–H groups in total. The van der Waals surface area contributed by atoms with Gasteiger partial charge < -0.3 is 20.3 Å². The second-order valence-electron chi connectivity index (χ2n) is 4.84. The topological polar surface area (TPSA) is 75.9 Å². The number of anilines is 1. The van der Waals surface area contributed by atoms with Crippen LogP contribution in [0.5, 0.6) is 0 Å². The summed E-state index contributed by atoms with van der Waals surface area (Å²) in [4.78, 5) is 27.3. The fraction of sp³-hybridized carbons (Fsp3) is 0.429. The molecule has 1 heterocycles. The van der Waals surface area contributed by atoms with Gasteiger partial charge in [0.2, 0.25) is 5.91 Å². The summed E-state index contributed by atoms with van der Waals surface area (Å²) in [5.74, 6) is -0.809. The van der Waals surface area contributed by atoms with Gasteiger partial charge in [-0.3, -0.25) is 9.59 Å².